The highest BCUT2D eigenvalue weighted by atomic mass is 16.3. The normalized spacial score (nSPS) is 23.6. The Kier molecular flexibility index (Phi) is 4.96. The van der Waals surface area contributed by atoms with E-state index in [1.807, 2.05) is 18.2 Å². The first-order chi connectivity index (χ1) is 11.9. The molecule has 0 saturated carbocycles. The summed E-state index contributed by atoms with van der Waals surface area (Å²) in [4.78, 5) is 0. The fraction of sp³-hybridized carbons (Fsp3) is 0.333. The summed E-state index contributed by atoms with van der Waals surface area (Å²) in [5.41, 5.74) is 4.03. The van der Waals surface area contributed by atoms with Crippen molar-refractivity contribution in [1.29, 1.82) is 0 Å². The first kappa shape index (κ1) is 17.7. The minimum atomic E-state index is -0.898. The molecule has 0 heterocycles. The third kappa shape index (κ3) is 3.21. The number of benzene rings is 2. The Labute approximate surface area is 151 Å². The van der Waals surface area contributed by atoms with Gasteiger partial charge in [-0.1, -0.05) is 101 Å². The maximum Gasteiger partial charge on any atom is 0.0962 e. The zero-order chi connectivity index (χ0) is 18.0. The van der Waals surface area contributed by atoms with Crippen LogP contribution in [-0.2, 0) is 0 Å². The molecule has 0 radical (unpaired) electrons. The molecular formula is C24H28O. The average Bonchev–Trinajstić information content (AvgIpc) is 2.62. The Bertz CT molecular complexity index is 768. The topological polar surface area (TPSA) is 20.2 Å². The van der Waals surface area contributed by atoms with Gasteiger partial charge in [-0.3, -0.25) is 0 Å². The highest BCUT2D eigenvalue weighted by Gasteiger charge is 2.44. The van der Waals surface area contributed by atoms with Gasteiger partial charge in [-0.15, -0.1) is 0 Å². The number of allylic oxidation sites excluding steroid dienone is 2. The zero-order valence-electron chi connectivity index (χ0n) is 15.6. The SMILES string of the molecule is CC(C)C1=C(c2ccccc2)C(c2ccccc2)C(O)(C(C)C)C=C1. The van der Waals surface area contributed by atoms with Crippen molar-refractivity contribution in [1.82, 2.24) is 0 Å². The Morgan fingerprint density at radius 3 is 1.92 bits per heavy atom. The minimum absolute atomic E-state index is 0.0708. The Morgan fingerprint density at radius 2 is 1.40 bits per heavy atom. The summed E-state index contributed by atoms with van der Waals surface area (Å²) in [5.74, 6) is 0.439. The summed E-state index contributed by atoms with van der Waals surface area (Å²) in [6.45, 7) is 8.65. The van der Waals surface area contributed by atoms with Crippen molar-refractivity contribution in [2.45, 2.75) is 39.2 Å². The van der Waals surface area contributed by atoms with Gasteiger partial charge in [-0.2, -0.15) is 0 Å². The van der Waals surface area contributed by atoms with Crippen LogP contribution in [0.4, 0.5) is 0 Å². The summed E-state index contributed by atoms with van der Waals surface area (Å²) >= 11 is 0. The third-order valence-corrected chi connectivity index (χ3v) is 5.36. The van der Waals surface area contributed by atoms with Crippen LogP contribution in [0.15, 0.2) is 78.4 Å². The van der Waals surface area contributed by atoms with Gasteiger partial charge in [0.15, 0.2) is 0 Å². The molecule has 2 aromatic rings. The van der Waals surface area contributed by atoms with Crippen LogP contribution in [0.25, 0.3) is 5.57 Å². The molecular weight excluding hydrogens is 304 g/mol. The second-order valence-corrected chi connectivity index (χ2v) is 7.61. The molecule has 0 amide bonds. The van der Waals surface area contributed by atoms with Crippen LogP contribution in [-0.4, -0.2) is 10.7 Å². The molecule has 2 unspecified atom stereocenters. The molecule has 2 atom stereocenters. The average molecular weight is 332 g/mol. The van der Waals surface area contributed by atoms with Crippen molar-refractivity contribution in [3.63, 3.8) is 0 Å². The number of rotatable bonds is 4. The minimum Gasteiger partial charge on any atom is -0.385 e. The van der Waals surface area contributed by atoms with E-state index in [0.29, 0.717) is 5.92 Å². The second kappa shape index (κ2) is 7.01. The van der Waals surface area contributed by atoms with Gasteiger partial charge in [0.1, 0.15) is 0 Å². The summed E-state index contributed by atoms with van der Waals surface area (Å²) in [6, 6.07) is 21.0. The Hall–Kier alpha value is -2.12. The van der Waals surface area contributed by atoms with Gasteiger partial charge >= 0.3 is 0 Å². The quantitative estimate of drug-likeness (QED) is 0.746. The first-order valence-corrected chi connectivity index (χ1v) is 9.21. The van der Waals surface area contributed by atoms with Crippen LogP contribution in [0.1, 0.15) is 44.7 Å². The van der Waals surface area contributed by atoms with Crippen molar-refractivity contribution in [2.75, 3.05) is 0 Å². The number of aliphatic hydroxyl groups is 1. The molecule has 1 N–H and O–H groups in total. The number of hydrogen-bond donors (Lipinski definition) is 1. The van der Waals surface area contributed by atoms with Gasteiger partial charge in [-0.05, 0) is 34.1 Å². The maximum absolute atomic E-state index is 11.7. The summed E-state index contributed by atoms with van der Waals surface area (Å²) in [5, 5.41) is 11.7. The predicted molar refractivity (Wildman–Crippen MR) is 106 cm³/mol. The van der Waals surface area contributed by atoms with E-state index in [9.17, 15) is 5.11 Å². The number of hydrogen-bond acceptors (Lipinski definition) is 1. The smallest absolute Gasteiger partial charge is 0.0962 e. The van der Waals surface area contributed by atoms with Crippen molar-refractivity contribution in [2.24, 2.45) is 11.8 Å². The van der Waals surface area contributed by atoms with E-state index < -0.39 is 5.60 Å². The first-order valence-electron chi connectivity index (χ1n) is 9.21. The van der Waals surface area contributed by atoms with E-state index >= 15 is 0 Å². The van der Waals surface area contributed by atoms with E-state index in [1.54, 1.807) is 0 Å². The molecule has 1 nitrogen and oxygen atoms in total. The van der Waals surface area contributed by atoms with Crippen LogP contribution in [0.3, 0.4) is 0 Å². The van der Waals surface area contributed by atoms with Crippen LogP contribution >= 0.6 is 0 Å². The van der Waals surface area contributed by atoms with Crippen molar-refractivity contribution in [3.8, 4) is 0 Å². The molecule has 0 spiro atoms. The molecule has 25 heavy (non-hydrogen) atoms. The summed E-state index contributed by atoms with van der Waals surface area (Å²) in [6.07, 6.45) is 4.17. The van der Waals surface area contributed by atoms with Crippen LogP contribution < -0.4 is 0 Å². The van der Waals surface area contributed by atoms with Crippen LogP contribution in [0.5, 0.6) is 0 Å². The van der Waals surface area contributed by atoms with E-state index in [1.165, 1.54) is 22.3 Å². The summed E-state index contributed by atoms with van der Waals surface area (Å²) in [7, 11) is 0. The van der Waals surface area contributed by atoms with Crippen molar-refractivity contribution in [3.05, 3.63) is 89.5 Å². The van der Waals surface area contributed by atoms with Gasteiger partial charge in [-0.25, -0.2) is 0 Å². The lowest BCUT2D eigenvalue weighted by atomic mass is 9.65. The van der Waals surface area contributed by atoms with E-state index in [2.05, 4.69) is 82.3 Å². The molecule has 0 aromatic heterocycles. The standard InChI is InChI=1S/C24H28O/c1-17(2)21-15-16-24(25,18(3)4)23(20-13-9-6-10-14-20)22(21)19-11-7-5-8-12-19/h5-18,23,25H,1-4H3. The highest BCUT2D eigenvalue weighted by molar-refractivity contribution is 5.79. The largest absolute Gasteiger partial charge is 0.385 e. The molecule has 3 rings (SSSR count). The lowest BCUT2D eigenvalue weighted by Gasteiger charge is -2.43. The van der Waals surface area contributed by atoms with Gasteiger partial charge < -0.3 is 5.11 Å². The van der Waals surface area contributed by atoms with Crippen LogP contribution in [0.2, 0.25) is 0 Å². The van der Waals surface area contributed by atoms with E-state index in [0.717, 1.165) is 0 Å². The molecule has 0 bridgehead atoms. The fourth-order valence-electron chi connectivity index (χ4n) is 3.87. The predicted octanol–water partition coefficient (Wildman–Crippen LogP) is 5.84. The van der Waals surface area contributed by atoms with Gasteiger partial charge in [0.2, 0.25) is 0 Å². The van der Waals surface area contributed by atoms with Crippen LogP contribution in [0, 0.1) is 11.8 Å². The molecule has 1 aliphatic rings. The van der Waals surface area contributed by atoms with Gasteiger partial charge in [0.05, 0.1) is 5.60 Å². The van der Waals surface area contributed by atoms with Crippen molar-refractivity contribution >= 4 is 5.57 Å². The summed E-state index contributed by atoms with van der Waals surface area (Å²) < 4.78 is 0. The molecule has 130 valence electrons. The molecule has 1 aliphatic carbocycles. The zero-order valence-corrected chi connectivity index (χ0v) is 15.6. The Morgan fingerprint density at radius 1 is 0.840 bits per heavy atom. The van der Waals surface area contributed by atoms with Gasteiger partial charge in [0, 0.05) is 5.92 Å². The molecule has 0 fully saturated rings. The van der Waals surface area contributed by atoms with E-state index in [4.69, 9.17) is 0 Å². The lowest BCUT2D eigenvalue weighted by Crippen LogP contribution is -2.42. The molecule has 1 heteroatoms. The Balaban J connectivity index is 2.30. The lowest BCUT2D eigenvalue weighted by molar-refractivity contribution is 0.0304. The molecule has 0 saturated heterocycles. The second-order valence-electron chi connectivity index (χ2n) is 7.61. The monoisotopic (exact) mass is 332 g/mol. The molecule has 0 aliphatic heterocycles. The van der Waals surface area contributed by atoms with Gasteiger partial charge in [0.25, 0.3) is 0 Å². The van der Waals surface area contributed by atoms with Crippen molar-refractivity contribution < 1.29 is 5.11 Å². The third-order valence-electron chi connectivity index (χ3n) is 5.36. The fourth-order valence-corrected chi connectivity index (χ4v) is 3.87. The maximum atomic E-state index is 11.7. The highest BCUT2D eigenvalue weighted by Crippen LogP contribution is 2.50. The van der Waals surface area contributed by atoms with E-state index in [-0.39, 0.29) is 11.8 Å². The molecule has 2 aromatic carbocycles.